The third-order valence-electron chi connectivity index (χ3n) is 4.86. The quantitative estimate of drug-likeness (QED) is 0.914. The van der Waals surface area contributed by atoms with E-state index in [9.17, 15) is 4.79 Å². The topological polar surface area (TPSA) is 48.6 Å². The van der Waals surface area contributed by atoms with Crippen molar-refractivity contribution in [1.82, 2.24) is 14.8 Å². The van der Waals surface area contributed by atoms with E-state index in [2.05, 4.69) is 28.9 Å². The largest absolute Gasteiger partial charge is 0.497 e. The number of methoxy groups -OCH3 is 1. The van der Waals surface area contributed by atoms with Crippen LogP contribution in [0.25, 0.3) is 10.9 Å². The molecule has 1 aromatic carbocycles. The molecular formula is C19H27N3O2. The van der Waals surface area contributed by atoms with Gasteiger partial charge >= 0.3 is 0 Å². The Balaban J connectivity index is 1.72. The van der Waals surface area contributed by atoms with Crippen LogP contribution < -0.4 is 10.3 Å². The Kier molecular flexibility index (Phi) is 5.21. The van der Waals surface area contributed by atoms with Crippen molar-refractivity contribution in [2.45, 2.75) is 19.4 Å². The minimum Gasteiger partial charge on any atom is -0.497 e. The average molecular weight is 329 g/mol. The fourth-order valence-electron chi connectivity index (χ4n) is 3.69. The van der Waals surface area contributed by atoms with Gasteiger partial charge in [0.15, 0.2) is 0 Å². The van der Waals surface area contributed by atoms with E-state index in [4.69, 9.17) is 4.74 Å². The Morgan fingerprint density at radius 3 is 2.96 bits per heavy atom. The van der Waals surface area contributed by atoms with E-state index in [1.165, 1.54) is 19.4 Å². The van der Waals surface area contributed by atoms with Gasteiger partial charge < -0.3 is 19.5 Å². The van der Waals surface area contributed by atoms with Gasteiger partial charge in [0.25, 0.3) is 5.56 Å². The molecule has 1 aromatic heterocycles. The zero-order chi connectivity index (χ0) is 17.1. The molecule has 1 saturated heterocycles. The average Bonchev–Trinajstić information content (AvgIpc) is 2.55. The molecule has 3 rings (SSSR count). The van der Waals surface area contributed by atoms with Crippen molar-refractivity contribution in [1.29, 1.82) is 0 Å². The molecule has 0 unspecified atom stereocenters. The summed E-state index contributed by atoms with van der Waals surface area (Å²) in [5, 5.41) is 1.04. The molecule has 130 valence electrons. The highest BCUT2D eigenvalue weighted by molar-refractivity contribution is 5.80. The third-order valence-corrected chi connectivity index (χ3v) is 4.86. The minimum atomic E-state index is -0.0108. The van der Waals surface area contributed by atoms with Crippen LogP contribution in [0.1, 0.15) is 18.4 Å². The SMILES string of the molecule is COc1ccc2cc(CN(C)C[C@@H]3CCCN(C)C3)c(=O)[nH]c2c1. The molecule has 24 heavy (non-hydrogen) atoms. The number of piperidine rings is 1. The van der Waals surface area contributed by atoms with Crippen molar-refractivity contribution in [3.8, 4) is 5.75 Å². The van der Waals surface area contributed by atoms with Gasteiger partial charge in [0.2, 0.25) is 0 Å². The Hall–Kier alpha value is -1.85. The fraction of sp³-hybridized carbons (Fsp3) is 0.526. The number of benzene rings is 1. The molecule has 0 saturated carbocycles. The first kappa shape index (κ1) is 17.0. The first-order valence-electron chi connectivity index (χ1n) is 8.62. The fourth-order valence-corrected chi connectivity index (χ4v) is 3.69. The van der Waals surface area contributed by atoms with Crippen molar-refractivity contribution in [3.05, 3.63) is 40.2 Å². The Morgan fingerprint density at radius 2 is 2.21 bits per heavy atom. The van der Waals surface area contributed by atoms with Gasteiger partial charge in [-0.05, 0) is 63.0 Å². The Morgan fingerprint density at radius 1 is 1.38 bits per heavy atom. The number of aromatic nitrogens is 1. The first-order chi connectivity index (χ1) is 11.5. The maximum atomic E-state index is 12.4. The lowest BCUT2D eigenvalue weighted by Gasteiger charge is -2.32. The summed E-state index contributed by atoms with van der Waals surface area (Å²) in [7, 11) is 5.92. The number of nitrogens with one attached hydrogen (secondary N) is 1. The van der Waals surface area contributed by atoms with E-state index in [-0.39, 0.29) is 5.56 Å². The predicted molar refractivity (Wildman–Crippen MR) is 97.7 cm³/mol. The number of rotatable bonds is 5. The van der Waals surface area contributed by atoms with Crippen LogP contribution in [-0.2, 0) is 6.54 Å². The lowest BCUT2D eigenvalue weighted by molar-refractivity contribution is 0.163. The molecule has 0 bridgehead atoms. The number of ether oxygens (including phenoxy) is 1. The summed E-state index contributed by atoms with van der Waals surface area (Å²) in [5.41, 5.74) is 1.63. The smallest absolute Gasteiger partial charge is 0.252 e. The molecule has 5 heteroatoms. The number of aromatic amines is 1. The van der Waals surface area contributed by atoms with Crippen LogP contribution in [0.3, 0.4) is 0 Å². The summed E-state index contributed by atoms with van der Waals surface area (Å²) in [6.07, 6.45) is 2.55. The van der Waals surface area contributed by atoms with E-state index < -0.39 is 0 Å². The standard InChI is InChI=1S/C19H27N3O2/c1-21-8-4-5-14(11-21)12-22(2)13-16-9-15-6-7-17(24-3)10-18(15)20-19(16)23/h6-7,9-10,14H,4-5,8,11-13H2,1-3H3,(H,20,23)/t14-/m1/s1. The second-order valence-corrected chi connectivity index (χ2v) is 7.04. The van der Waals surface area contributed by atoms with Gasteiger partial charge in [-0.2, -0.15) is 0 Å². The highest BCUT2D eigenvalue weighted by Gasteiger charge is 2.19. The van der Waals surface area contributed by atoms with Gasteiger partial charge in [-0.1, -0.05) is 0 Å². The molecule has 1 aliphatic rings. The summed E-state index contributed by atoms with van der Waals surface area (Å²) >= 11 is 0. The zero-order valence-electron chi connectivity index (χ0n) is 14.8. The Bertz CT molecular complexity index is 756. The van der Waals surface area contributed by atoms with Crippen LogP contribution in [-0.4, -0.2) is 55.6 Å². The molecule has 1 aliphatic heterocycles. The molecule has 0 amide bonds. The maximum absolute atomic E-state index is 12.4. The highest BCUT2D eigenvalue weighted by atomic mass is 16.5. The van der Waals surface area contributed by atoms with Gasteiger partial charge in [0.1, 0.15) is 5.75 Å². The number of fused-ring (bicyclic) bond motifs is 1. The van der Waals surface area contributed by atoms with Crippen molar-refractivity contribution in [2.75, 3.05) is 40.8 Å². The lowest BCUT2D eigenvalue weighted by atomic mass is 9.98. The molecule has 2 heterocycles. The number of hydrogen-bond acceptors (Lipinski definition) is 4. The predicted octanol–water partition coefficient (Wildman–Crippen LogP) is 2.31. The molecule has 0 radical (unpaired) electrons. The molecule has 0 aliphatic carbocycles. The van der Waals surface area contributed by atoms with Gasteiger partial charge in [0.05, 0.1) is 12.6 Å². The normalized spacial score (nSPS) is 19.1. The van der Waals surface area contributed by atoms with Gasteiger partial charge in [-0.15, -0.1) is 0 Å². The number of hydrogen-bond donors (Lipinski definition) is 1. The van der Waals surface area contributed by atoms with E-state index in [1.807, 2.05) is 24.3 Å². The second kappa shape index (κ2) is 7.36. The molecular weight excluding hydrogens is 302 g/mol. The number of H-pyrrole nitrogens is 1. The molecule has 1 atom stereocenters. The number of pyridine rings is 1. The van der Waals surface area contributed by atoms with Crippen LogP contribution in [0.15, 0.2) is 29.1 Å². The monoisotopic (exact) mass is 329 g/mol. The Labute approximate surface area is 143 Å². The maximum Gasteiger partial charge on any atom is 0.252 e. The van der Waals surface area contributed by atoms with E-state index in [0.29, 0.717) is 12.5 Å². The zero-order valence-corrected chi connectivity index (χ0v) is 14.8. The molecule has 2 aromatic rings. The van der Waals surface area contributed by atoms with Crippen molar-refractivity contribution >= 4 is 10.9 Å². The van der Waals surface area contributed by atoms with Crippen LogP contribution in [0.5, 0.6) is 5.75 Å². The summed E-state index contributed by atoms with van der Waals surface area (Å²) in [6, 6.07) is 7.77. The molecule has 5 nitrogen and oxygen atoms in total. The van der Waals surface area contributed by atoms with E-state index in [1.54, 1.807) is 7.11 Å². The number of likely N-dealkylation sites (tertiary alicyclic amines) is 1. The highest BCUT2D eigenvalue weighted by Crippen LogP contribution is 2.20. The minimum absolute atomic E-state index is 0.0108. The van der Waals surface area contributed by atoms with Crippen molar-refractivity contribution < 1.29 is 4.74 Å². The molecule has 1 N–H and O–H groups in total. The number of nitrogens with zero attached hydrogens (tertiary/aromatic N) is 2. The van der Waals surface area contributed by atoms with Crippen LogP contribution in [0.2, 0.25) is 0 Å². The summed E-state index contributed by atoms with van der Waals surface area (Å²) < 4.78 is 5.22. The molecule has 0 spiro atoms. The van der Waals surface area contributed by atoms with Gasteiger partial charge in [-0.3, -0.25) is 4.79 Å². The van der Waals surface area contributed by atoms with Gasteiger partial charge in [0, 0.05) is 31.3 Å². The van der Waals surface area contributed by atoms with Crippen molar-refractivity contribution in [2.24, 2.45) is 5.92 Å². The van der Waals surface area contributed by atoms with Crippen LogP contribution >= 0.6 is 0 Å². The van der Waals surface area contributed by atoms with Crippen LogP contribution in [0.4, 0.5) is 0 Å². The summed E-state index contributed by atoms with van der Waals surface area (Å²) in [5.74, 6) is 1.45. The van der Waals surface area contributed by atoms with Crippen molar-refractivity contribution in [3.63, 3.8) is 0 Å². The van der Waals surface area contributed by atoms with E-state index in [0.717, 1.165) is 35.3 Å². The molecule has 1 fully saturated rings. The first-order valence-corrected chi connectivity index (χ1v) is 8.62. The van der Waals surface area contributed by atoms with E-state index >= 15 is 0 Å². The summed E-state index contributed by atoms with van der Waals surface area (Å²) in [6.45, 7) is 4.06. The second-order valence-electron chi connectivity index (χ2n) is 7.04. The third kappa shape index (κ3) is 3.97. The van der Waals surface area contributed by atoms with Crippen LogP contribution in [0, 0.1) is 5.92 Å². The van der Waals surface area contributed by atoms with Gasteiger partial charge in [-0.25, -0.2) is 0 Å². The lowest BCUT2D eigenvalue weighted by Crippen LogP contribution is -2.38. The summed E-state index contributed by atoms with van der Waals surface area (Å²) in [4.78, 5) is 20.0.